The second kappa shape index (κ2) is 2.56. The first kappa shape index (κ1) is 6.86. The van der Waals surface area contributed by atoms with Gasteiger partial charge in [0.05, 0.1) is 12.8 Å². The molecule has 0 amide bonds. The van der Waals surface area contributed by atoms with E-state index in [1.54, 1.807) is 31.0 Å². The van der Waals surface area contributed by atoms with E-state index in [2.05, 4.69) is 0 Å². The Kier molecular flexibility index (Phi) is 1.76. The summed E-state index contributed by atoms with van der Waals surface area (Å²) in [6, 6.07) is 1.69. The maximum absolute atomic E-state index is 10.3. The highest BCUT2D eigenvalue weighted by Gasteiger charge is 1.99. The Morgan fingerprint density at radius 1 is 1.70 bits per heavy atom. The molecule has 0 unspecified atom stereocenters. The van der Waals surface area contributed by atoms with Crippen molar-refractivity contribution in [2.24, 2.45) is 7.05 Å². The molecule has 3 heteroatoms. The first-order valence-corrected chi connectivity index (χ1v) is 2.93. The van der Waals surface area contributed by atoms with E-state index in [-0.39, 0.29) is 0 Å². The molecule has 0 radical (unpaired) electrons. The molecule has 0 aliphatic heterocycles. The molecule has 0 saturated heterocycles. The van der Waals surface area contributed by atoms with E-state index in [1.165, 1.54) is 0 Å². The maximum atomic E-state index is 10.3. The number of aryl methyl sites for hydroxylation is 1. The van der Waals surface area contributed by atoms with Gasteiger partial charge in [-0.05, 0) is 0 Å². The monoisotopic (exact) mass is 139 g/mol. The van der Waals surface area contributed by atoms with Gasteiger partial charge in [-0.25, -0.2) is 0 Å². The van der Waals surface area contributed by atoms with Crippen molar-refractivity contribution in [3.05, 3.63) is 18.0 Å². The van der Waals surface area contributed by atoms with Crippen LogP contribution in [0.4, 0.5) is 0 Å². The maximum Gasteiger partial charge on any atom is 0.166 e. The van der Waals surface area contributed by atoms with E-state index < -0.39 is 0 Å². The van der Waals surface area contributed by atoms with Gasteiger partial charge in [0, 0.05) is 19.3 Å². The molecular weight excluding hydrogens is 130 g/mol. The summed E-state index contributed by atoms with van der Waals surface area (Å²) in [4.78, 5) is 10.3. The van der Waals surface area contributed by atoms with Crippen LogP contribution in [0.15, 0.2) is 12.3 Å². The predicted molar refractivity (Wildman–Crippen MR) is 37.4 cm³/mol. The second-order valence-electron chi connectivity index (χ2n) is 2.03. The predicted octanol–water partition coefficient (Wildman–Crippen LogP) is 0.846. The molecular formula is C7H9NO2. The lowest BCUT2D eigenvalue weighted by Crippen LogP contribution is -1.90. The number of hydrogen-bond acceptors (Lipinski definition) is 2. The molecule has 1 aromatic rings. The van der Waals surface area contributed by atoms with E-state index in [1.807, 2.05) is 0 Å². The number of aromatic nitrogens is 1. The molecule has 0 bridgehead atoms. The molecule has 3 nitrogen and oxygen atoms in total. The molecule has 0 atom stereocenters. The van der Waals surface area contributed by atoms with Gasteiger partial charge in [-0.3, -0.25) is 4.79 Å². The number of carbonyl (C=O) groups excluding carboxylic acids is 1. The van der Waals surface area contributed by atoms with Crippen molar-refractivity contribution >= 4 is 6.29 Å². The van der Waals surface area contributed by atoms with Gasteiger partial charge in [0.15, 0.2) is 6.29 Å². The van der Waals surface area contributed by atoms with Gasteiger partial charge in [0.1, 0.15) is 5.75 Å². The molecule has 0 spiro atoms. The summed E-state index contributed by atoms with van der Waals surface area (Å²) in [5.41, 5.74) is 0.622. The first-order valence-electron chi connectivity index (χ1n) is 2.93. The van der Waals surface area contributed by atoms with Crippen molar-refractivity contribution in [3.8, 4) is 5.75 Å². The third kappa shape index (κ3) is 1.03. The highest BCUT2D eigenvalue weighted by molar-refractivity contribution is 5.73. The Balaban J connectivity index is 3.03. The molecule has 0 aromatic carbocycles. The fourth-order valence-electron chi connectivity index (χ4n) is 0.779. The largest absolute Gasteiger partial charge is 0.495 e. The zero-order chi connectivity index (χ0) is 7.56. The quantitative estimate of drug-likeness (QED) is 0.569. The average Bonchev–Trinajstić information content (AvgIpc) is 2.30. The van der Waals surface area contributed by atoms with Crippen LogP contribution < -0.4 is 4.74 Å². The van der Waals surface area contributed by atoms with Gasteiger partial charge in [-0.2, -0.15) is 0 Å². The van der Waals surface area contributed by atoms with Crippen LogP contribution in [-0.2, 0) is 7.05 Å². The molecule has 0 fully saturated rings. The van der Waals surface area contributed by atoms with Crippen LogP contribution in [-0.4, -0.2) is 18.0 Å². The molecule has 0 N–H and O–H groups in total. The topological polar surface area (TPSA) is 31.2 Å². The van der Waals surface area contributed by atoms with E-state index in [0.29, 0.717) is 11.4 Å². The lowest BCUT2D eigenvalue weighted by Gasteiger charge is -1.89. The van der Waals surface area contributed by atoms with Gasteiger partial charge in [-0.15, -0.1) is 0 Å². The lowest BCUT2D eigenvalue weighted by molar-refractivity contribution is 0.111. The zero-order valence-electron chi connectivity index (χ0n) is 6.00. The summed E-state index contributed by atoms with van der Waals surface area (Å²) >= 11 is 0. The van der Waals surface area contributed by atoms with Crippen molar-refractivity contribution in [2.75, 3.05) is 7.11 Å². The number of nitrogens with zero attached hydrogens (tertiary/aromatic N) is 1. The van der Waals surface area contributed by atoms with Crippen LogP contribution in [0, 0.1) is 0 Å². The summed E-state index contributed by atoms with van der Waals surface area (Å²) in [6.45, 7) is 0. The molecule has 0 saturated carbocycles. The van der Waals surface area contributed by atoms with E-state index >= 15 is 0 Å². The van der Waals surface area contributed by atoms with E-state index in [4.69, 9.17) is 4.74 Å². The summed E-state index contributed by atoms with van der Waals surface area (Å²) in [7, 11) is 3.37. The first-order chi connectivity index (χ1) is 4.77. The Bertz CT molecular complexity index is 240. The number of ether oxygens (including phenoxy) is 1. The second-order valence-corrected chi connectivity index (χ2v) is 2.03. The van der Waals surface area contributed by atoms with Gasteiger partial charge in [0.25, 0.3) is 0 Å². The molecule has 0 aliphatic carbocycles. The minimum absolute atomic E-state index is 0.622. The van der Waals surface area contributed by atoms with Crippen LogP contribution >= 0.6 is 0 Å². The molecule has 1 heterocycles. The van der Waals surface area contributed by atoms with Gasteiger partial charge >= 0.3 is 0 Å². The third-order valence-corrected chi connectivity index (χ3v) is 1.37. The van der Waals surface area contributed by atoms with Crippen LogP contribution in [0.3, 0.4) is 0 Å². The van der Waals surface area contributed by atoms with Crippen LogP contribution in [0.25, 0.3) is 0 Å². The fourth-order valence-corrected chi connectivity index (χ4v) is 0.779. The Morgan fingerprint density at radius 3 is 2.70 bits per heavy atom. The average molecular weight is 139 g/mol. The number of methoxy groups -OCH3 is 1. The molecule has 1 aromatic heterocycles. The summed E-state index contributed by atoms with van der Waals surface area (Å²) in [6.07, 6.45) is 2.55. The summed E-state index contributed by atoms with van der Waals surface area (Å²) < 4.78 is 6.61. The fraction of sp³-hybridized carbons (Fsp3) is 0.286. The van der Waals surface area contributed by atoms with Crippen molar-refractivity contribution in [3.63, 3.8) is 0 Å². The number of hydrogen-bond donors (Lipinski definition) is 0. The lowest BCUT2D eigenvalue weighted by atomic mass is 10.4. The third-order valence-electron chi connectivity index (χ3n) is 1.37. The van der Waals surface area contributed by atoms with Crippen molar-refractivity contribution in [2.45, 2.75) is 0 Å². The van der Waals surface area contributed by atoms with Crippen molar-refractivity contribution in [1.82, 2.24) is 4.57 Å². The van der Waals surface area contributed by atoms with Crippen LogP contribution in [0.5, 0.6) is 5.75 Å². The highest BCUT2D eigenvalue weighted by atomic mass is 16.5. The van der Waals surface area contributed by atoms with Crippen LogP contribution in [0.1, 0.15) is 10.5 Å². The van der Waals surface area contributed by atoms with Crippen LogP contribution in [0.2, 0.25) is 0 Å². The minimum atomic E-state index is 0.622. The van der Waals surface area contributed by atoms with Gasteiger partial charge in [0.2, 0.25) is 0 Å². The smallest absolute Gasteiger partial charge is 0.166 e. The van der Waals surface area contributed by atoms with Crippen molar-refractivity contribution < 1.29 is 9.53 Å². The highest BCUT2D eigenvalue weighted by Crippen LogP contribution is 2.12. The number of aldehydes is 1. The van der Waals surface area contributed by atoms with Gasteiger partial charge < -0.3 is 9.30 Å². The minimum Gasteiger partial charge on any atom is -0.495 e. The van der Waals surface area contributed by atoms with E-state index in [0.717, 1.165) is 6.29 Å². The summed E-state index contributed by atoms with van der Waals surface area (Å²) in [5, 5.41) is 0. The Hall–Kier alpha value is -1.25. The molecule has 54 valence electrons. The standard InChI is InChI=1S/C7H9NO2/c1-8-4-7(10-2)3-6(8)5-9/h3-5H,1-2H3. The number of carbonyl (C=O) groups is 1. The Labute approximate surface area is 59.2 Å². The van der Waals surface area contributed by atoms with E-state index in [9.17, 15) is 4.79 Å². The number of rotatable bonds is 2. The normalized spacial score (nSPS) is 9.40. The van der Waals surface area contributed by atoms with Crippen molar-refractivity contribution in [1.29, 1.82) is 0 Å². The molecule has 10 heavy (non-hydrogen) atoms. The molecule has 0 aliphatic rings. The molecule has 1 rings (SSSR count). The SMILES string of the molecule is COc1cc(C=O)n(C)c1. The van der Waals surface area contributed by atoms with Gasteiger partial charge in [-0.1, -0.05) is 0 Å². The Morgan fingerprint density at radius 2 is 2.40 bits per heavy atom. The zero-order valence-corrected chi connectivity index (χ0v) is 6.00. The summed E-state index contributed by atoms with van der Waals surface area (Å²) in [5.74, 6) is 0.713.